The van der Waals surface area contributed by atoms with Crippen molar-refractivity contribution in [3.05, 3.63) is 70.9 Å². The average molecular weight is 514 g/mol. The van der Waals surface area contributed by atoms with Gasteiger partial charge >= 0.3 is 0 Å². The Kier molecular flexibility index (Phi) is 6.70. The van der Waals surface area contributed by atoms with Crippen molar-refractivity contribution in [3.8, 4) is 0 Å². The molecule has 3 aliphatic heterocycles. The zero-order valence-corrected chi connectivity index (χ0v) is 22.7. The van der Waals surface area contributed by atoms with Crippen LogP contribution < -0.4 is 0 Å². The lowest BCUT2D eigenvalue weighted by Gasteiger charge is -2.33. The molecular formula is C31H39N5O2. The van der Waals surface area contributed by atoms with Crippen molar-refractivity contribution in [1.82, 2.24) is 24.7 Å². The largest absolute Gasteiger partial charge is 0.377 e. The van der Waals surface area contributed by atoms with E-state index in [0.717, 1.165) is 69.8 Å². The van der Waals surface area contributed by atoms with E-state index in [9.17, 15) is 9.59 Å². The monoisotopic (exact) mass is 513 g/mol. The van der Waals surface area contributed by atoms with Gasteiger partial charge in [0.1, 0.15) is 6.33 Å². The van der Waals surface area contributed by atoms with Gasteiger partial charge in [0, 0.05) is 62.7 Å². The van der Waals surface area contributed by atoms with Gasteiger partial charge in [0.2, 0.25) is 5.91 Å². The lowest BCUT2D eigenvalue weighted by atomic mass is 9.76. The Morgan fingerprint density at radius 3 is 2.45 bits per heavy atom. The number of hydrogen-bond acceptors (Lipinski definition) is 5. The fraction of sp³-hybridized carbons (Fsp3) is 0.548. The van der Waals surface area contributed by atoms with Gasteiger partial charge in [-0.05, 0) is 50.7 Å². The molecule has 4 heterocycles. The van der Waals surface area contributed by atoms with E-state index in [4.69, 9.17) is 0 Å². The molecule has 2 unspecified atom stereocenters. The summed E-state index contributed by atoms with van der Waals surface area (Å²) in [6.07, 6.45) is 10.4. The molecule has 2 aromatic rings. The molecular weight excluding hydrogens is 474 g/mol. The summed E-state index contributed by atoms with van der Waals surface area (Å²) >= 11 is 0. The number of benzene rings is 1. The smallest absolute Gasteiger partial charge is 0.257 e. The third kappa shape index (κ3) is 4.61. The minimum Gasteiger partial charge on any atom is -0.377 e. The molecule has 0 spiro atoms. The van der Waals surface area contributed by atoms with Crippen LogP contribution in [0.15, 0.2) is 48.4 Å². The van der Waals surface area contributed by atoms with Crippen molar-refractivity contribution in [2.24, 2.45) is 11.8 Å². The van der Waals surface area contributed by atoms with Gasteiger partial charge in [-0.25, -0.2) is 9.97 Å². The van der Waals surface area contributed by atoms with E-state index < -0.39 is 0 Å². The van der Waals surface area contributed by atoms with Gasteiger partial charge in [-0.1, -0.05) is 43.2 Å². The topological polar surface area (TPSA) is 69.6 Å². The van der Waals surface area contributed by atoms with Crippen LogP contribution in [0.25, 0.3) is 0 Å². The number of fused-ring (bicyclic) bond motifs is 1. The highest BCUT2D eigenvalue weighted by molar-refractivity contribution is 5.96. The van der Waals surface area contributed by atoms with Crippen LogP contribution in [0.2, 0.25) is 0 Å². The van der Waals surface area contributed by atoms with Crippen molar-refractivity contribution in [1.29, 1.82) is 0 Å². The van der Waals surface area contributed by atoms with E-state index in [-0.39, 0.29) is 17.2 Å². The van der Waals surface area contributed by atoms with Gasteiger partial charge in [-0.2, -0.15) is 0 Å². The van der Waals surface area contributed by atoms with Crippen LogP contribution in [0.4, 0.5) is 0 Å². The normalized spacial score (nSPS) is 25.3. The Labute approximate surface area is 225 Å². The third-order valence-corrected chi connectivity index (χ3v) is 9.50. The maximum atomic E-state index is 13.3. The summed E-state index contributed by atoms with van der Waals surface area (Å²) in [5, 5.41) is 0. The number of aryl methyl sites for hydroxylation is 2. The molecule has 6 rings (SSSR count). The quantitative estimate of drug-likeness (QED) is 0.581. The van der Waals surface area contributed by atoms with Crippen LogP contribution in [0.3, 0.4) is 0 Å². The second kappa shape index (κ2) is 10.2. The highest BCUT2D eigenvalue weighted by Crippen LogP contribution is 2.40. The molecule has 0 N–H and O–H groups in total. The zero-order valence-electron chi connectivity index (χ0n) is 22.7. The number of carbonyl (C=O) groups is 2. The highest BCUT2D eigenvalue weighted by atomic mass is 16.2. The SMILES string of the molecule is Cc1ncnc(C)c1C(=O)N1CC2=CN(CCC3(c4ccccc4)CCN(C(=O)C4CCCC4)C3)CC2C1. The summed E-state index contributed by atoms with van der Waals surface area (Å²) in [5.41, 5.74) is 4.87. The maximum absolute atomic E-state index is 13.3. The molecule has 4 aliphatic rings. The van der Waals surface area contributed by atoms with Crippen LogP contribution in [0.1, 0.15) is 65.8 Å². The first-order chi connectivity index (χ1) is 18.4. The first kappa shape index (κ1) is 25.1. The first-order valence-electron chi connectivity index (χ1n) is 14.3. The number of hydrogen-bond donors (Lipinski definition) is 0. The van der Waals surface area contributed by atoms with E-state index >= 15 is 0 Å². The van der Waals surface area contributed by atoms with Gasteiger partial charge < -0.3 is 14.7 Å². The van der Waals surface area contributed by atoms with Gasteiger partial charge in [0.05, 0.1) is 17.0 Å². The summed E-state index contributed by atoms with van der Waals surface area (Å²) < 4.78 is 0. The molecule has 1 aliphatic carbocycles. The van der Waals surface area contributed by atoms with Gasteiger partial charge in [-0.3, -0.25) is 9.59 Å². The zero-order chi connectivity index (χ0) is 26.3. The Balaban J connectivity index is 1.12. The van der Waals surface area contributed by atoms with Crippen LogP contribution in [-0.2, 0) is 10.2 Å². The molecule has 2 saturated heterocycles. The molecule has 0 bridgehead atoms. The minimum absolute atomic E-state index is 0.0100. The standard InChI is InChI=1S/C31H39N5O2/c1-22-28(23(2)33-21-32-22)30(38)36-18-25-16-34(17-26(25)19-36)14-12-31(27-10-4-3-5-11-27)13-15-35(20-31)29(37)24-8-6-7-9-24/h3-5,10-11,16,21,24,26H,6-9,12-15,17-20H2,1-2H3. The average Bonchev–Trinajstić information content (AvgIpc) is 3.72. The predicted octanol–water partition coefficient (Wildman–Crippen LogP) is 4.12. The predicted molar refractivity (Wildman–Crippen MR) is 146 cm³/mol. The molecule has 3 fully saturated rings. The molecule has 0 radical (unpaired) electrons. The molecule has 1 saturated carbocycles. The minimum atomic E-state index is 0.0100. The molecule has 7 heteroatoms. The van der Waals surface area contributed by atoms with Crippen molar-refractivity contribution in [3.63, 3.8) is 0 Å². The highest BCUT2D eigenvalue weighted by Gasteiger charge is 2.43. The number of likely N-dealkylation sites (tertiary alicyclic amines) is 2. The maximum Gasteiger partial charge on any atom is 0.257 e. The van der Waals surface area contributed by atoms with E-state index in [1.807, 2.05) is 18.7 Å². The van der Waals surface area contributed by atoms with Gasteiger partial charge in [-0.15, -0.1) is 0 Å². The number of rotatable bonds is 6. The van der Waals surface area contributed by atoms with Crippen molar-refractivity contribution in [2.75, 3.05) is 39.3 Å². The third-order valence-electron chi connectivity index (χ3n) is 9.50. The second-order valence-corrected chi connectivity index (χ2v) is 11.9. The fourth-order valence-electron chi connectivity index (χ4n) is 7.28. The van der Waals surface area contributed by atoms with Crippen LogP contribution in [0, 0.1) is 25.7 Å². The molecule has 2 atom stereocenters. The molecule has 1 aromatic heterocycles. The number of nitrogens with zero attached hydrogens (tertiary/aromatic N) is 5. The summed E-state index contributed by atoms with van der Waals surface area (Å²) in [7, 11) is 0. The van der Waals surface area contributed by atoms with E-state index in [2.05, 4.69) is 56.3 Å². The Hall–Kier alpha value is -3.22. The summed E-state index contributed by atoms with van der Waals surface area (Å²) in [5.74, 6) is 1.06. The molecule has 38 heavy (non-hydrogen) atoms. The Morgan fingerprint density at radius 2 is 1.74 bits per heavy atom. The second-order valence-electron chi connectivity index (χ2n) is 11.9. The van der Waals surface area contributed by atoms with Crippen molar-refractivity contribution >= 4 is 11.8 Å². The molecule has 2 amide bonds. The van der Waals surface area contributed by atoms with E-state index in [1.54, 1.807) is 0 Å². The summed E-state index contributed by atoms with van der Waals surface area (Å²) in [4.78, 5) is 41.6. The lowest BCUT2D eigenvalue weighted by molar-refractivity contribution is -0.134. The summed E-state index contributed by atoms with van der Waals surface area (Å²) in [6.45, 7) is 8.83. The molecule has 200 valence electrons. The van der Waals surface area contributed by atoms with E-state index in [0.29, 0.717) is 23.9 Å². The lowest BCUT2D eigenvalue weighted by Crippen LogP contribution is -2.39. The van der Waals surface area contributed by atoms with Crippen molar-refractivity contribution < 1.29 is 9.59 Å². The number of aromatic nitrogens is 2. The Bertz CT molecular complexity index is 1220. The van der Waals surface area contributed by atoms with Crippen LogP contribution >= 0.6 is 0 Å². The van der Waals surface area contributed by atoms with E-state index in [1.165, 1.54) is 30.3 Å². The first-order valence-corrected chi connectivity index (χ1v) is 14.3. The van der Waals surface area contributed by atoms with Crippen molar-refractivity contribution in [2.45, 2.75) is 57.8 Å². The number of carbonyl (C=O) groups excluding carboxylic acids is 2. The van der Waals surface area contributed by atoms with Gasteiger partial charge in [0.25, 0.3) is 5.91 Å². The van der Waals surface area contributed by atoms with Crippen LogP contribution in [-0.4, -0.2) is 75.8 Å². The Morgan fingerprint density at radius 1 is 1.00 bits per heavy atom. The molecule has 1 aromatic carbocycles. The van der Waals surface area contributed by atoms with Crippen LogP contribution in [0.5, 0.6) is 0 Å². The summed E-state index contributed by atoms with van der Waals surface area (Å²) in [6, 6.07) is 10.8. The number of amides is 2. The fourth-order valence-corrected chi connectivity index (χ4v) is 7.28. The van der Waals surface area contributed by atoms with Gasteiger partial charge in [0.15, 0.2) is 0 Å². The molecule has 7 nitrogen and oxygen atoms in total.